The Balaban J connectivity index is 3.21. The minimum absolute atomic E-state index is 0.0258. The number of benzene rings is 1. The standard InChI is InChI=1S/C9H6FN3O2/c10-8-5-6(13(14)15)1-2-7(8)9(12)3-4-11/h1-3,5H,12H2/b9-3+. The molecule has 15 heavy (non-hydrogen) atoms. The first kappa shape index (κ1) is 10.7. The highest BCUT2D eigenvalue weighted by molar-refractivity contribution is 5.66. The van der Waals surface area contributed by atoms with Crippen molar-refractivity contribution in [3.8, 4) is 6.07 Å². The van der Waals surface area contributed by atoms with Crippen molar-refractivity contribution in [2.75, 3.05) is 0 Å². The van der Waals surface area contributed by atoms with Crippen LogP contribution in [0.4, 0.5) is 10.1 Å². The van der Waals surface area contributed by atoms with E-state index >= 15 is 0 Å². The SMILES string of the molecule is N#C/C=C(/N)c1ccc([N+](=O)[O-])cc1F. The van der Waals surface area contributed by atoms with Gasteiger partial charge in [-0.1, -0.05) is 0 Å². The van der Waals surface area contributed by atoms with E-state index in [9.17, 15) is 14.5 Å². The fraction of sp³-hybridized carbons (Fsp3) is 0. The average Bonchev–Trinajstić information content (AvgIpc) is 2.17. The van der Waals surface area contributed by atoms with Gasteiger partial charge in [0.1, 0.15) is 5.82 Å². The first-order chi connectivity index (χ1) is 7.06. The molecule has 0 fully saturated rings. The summed E-state index contributed by atoms with van der Waals surface area (Å²) in [6.07, 6.45) is 0.963. The summed E-state index contributed by atoms with van der Waals surface area (Å²) in [4.78, 5) is 9.59. The maximum absolute atomic E-state index is 13.2. The van der Waals surface area contributed by atoms with Gasteiger partial charge in [0.2, 0.25) is 0 Å². The number of allylic oxidation sites excluding steroid dienone is 1. The van der Waals surface area contributed by atoms with E-state index < -0.39 is 10.7 Å². The van der Waals surface area contributed by atoms with Crippen LogP contribution in [0.5, 0.6) is 0 Å². The monoisotopic (exact) mass is 207 g/mol. The number of non-ortho nitro benzene ring substituents is 1. The van der Waals surface area contributed by atoms with Crippen LogP contribution < -0.4 is 5.73 Å². The molecule has 0 bridgehead atoms. The van der Waals surface area contributed by atoms with E-state index in [1.807, 2.05) is 0 Å². The van der Waals surface area contributed by atoms with Crippen LogP contribution >= 0.6 is 0 Å². The fourth-order valence-electron chi connectivity index (χ4n) is 0.999. The Hall–Kier alpha value is -2.42. The Morgan fingerprint density at radius 2 is 2.33 bits per heavy atom. The van der Waals surface area contributed by atoms with Crippen molar-refractivity contribution < 1.29 is 9.31 Å². The quantitative estimate of drug-likeness (QED) is 0.452. The van der Waals surface area contributed by atoms with Gasteiger partial charge in [-0.15, -0.1) is 0 Å². The Labute approximate surface area is 84.4 Å². The molecule has 0 aliphatic carbocycles. The molecule has 1 aromatic carbocycles. The van der Waals surface area contributed by atoms with Gasteiger partial charge in [-0.25, -0.2) is 4.39 Å². The highest BCUT2D eigenvalue weighted by Gasteiger charge is 2.11. The third-order valence-corrected chi connectivity index (χ3v) is 1.69. The molecule has 6 heteroatoms. The molecule has 0 atom stereocenters. The third-order valence-electron chi connectivity index (χ3n) is 1.69. The summed E-state index contributed by atoms with van der Waals surface area (Å²) in [6, 6.07) is 4.69. The molecule has 0 heterocycles. The van der Waals surface area contributed by atoms with E-state index in [1.54, 1.807) is 6.07 Å². The summed E-state index contributed by atoms with van der Waals surface area (Å²) >= 11 is 0. The molecule has 0 spiro atoms. The summed E-state index contributed by atoms with van der Waals surface area (Å²) in [5.41, 5.74) is 4.91. The summed E-state index contributed by atoms with van der Waals surface area (Å²) in [5.74, 6) is -0.826. The smallest absolute Gasteiger partial charge is 0.272 e. The van der Waals surface area contributed by atoms with E-state index in [-0.39, 0.29) is 16.9 Å². The Morgan fingerprint density at radius 1 is 1.67 bits per heavy atom. The molecule has 0 aromatic heterocycles. The minimum atomic E-state index is -0.826. The van der Waals surface area contributed by atoms with Crippen molar-refractivity contribution in [2.24, 2.45) is 5.73 Å². The van der Waals surface area contributed by atoms with Gasteiger partial charge >= 0.3 is 0 Å². The van der Waals surface area contributed by atoms with Crippen molar-refractivity contribution in [3.05, 3.63) is 45.8 Å². The summed E-state index contributed by atoms with van der Waals surface area (Å²) in [5, 5.41) is 18.6. The molecule has 1 aromatic rings. The summed E-state index contributed by atoms with van der Waals surface area (Å²) < 4.78 is 13.2. The maximum atomic E-state index is 13.2. The van der Waals surface area contributed by atoms with Gasteiger partial charge in [0.05, 0.1) is 22.8 Å². The second kappa shape index (κ2) is 4.19. The van der Waals surface area contributed by atoms with Crippen molar-refractivity contribution in [1.29, 1.82) is 5.26 Å². The predicted octanol–water partition coefficient (Wildman–Crippen LogP) is 1.56. The average molecular weight is 207 g/mol. The van der Waals surface area contributed by atoms with E-state index in [4.69, 9.17) is 11.0 Å². The van der Waals surface area contributed by atoms with Gasteiger partial charge in [0, 0.05) is 17.7 Å². The molecule has 0 aliphatic heterocycles. The molecule has 76 valence electrons. The lowest BCUT2D eigenvalue weighted by atomic mass is 10.1. The van der Waals surface area contributed by atoms with Gasteiger partial charge in [0.25, 0.3) is 5.69 Å². The molecule has 0 saturated heterocycles. The van der Waals surface area contributed by atoms with E-state index in [0.29, 0.717) is 0 Å². The molecule has 0 unspecified atom stereocenters. The van der Waals surface area contributed by atoms with Crippen LogP contribution in [0.3, 0.4) is 0 Å². The number of rotatable bonds is 2. The number of nitriles is 1. The lowest BCUT2D eigenvalue weighted by molar-refractivity contribution is -0.385. The number of nitro benzene ring substituents is 1. The van der Waals surface area contributed by atoms with Crippen LogP contribution in [0.15, 0.2) is 24.3 Å². The number of halogens is 1. The predicted molar refractivity (Wildman–Crippen MR) is 50.8 cm³/mol. The van der Waals surface area contributed by atoms with Crippen molar-refractivity contribution in [3.63, 3.8) is 0 Å². The molecule has 2 N–H and O–H groups in total. The topological polar surface area (TPSA) is 93.0 Å². The molecule has 0 radical (unpaired) electrons. The molecule has 5 nitrogen and oxygen atoms in total. The van der Waals surface area contributed by atoms with Gasteiger partial charge in [-0.05, 0) is 6.07 Å². The normalized spacial score (nSPS) is 10.8. The van der Waals surface area contributed by atoms with Crippen molar-refractivity contribution in [2.45, 2.75) is 0 Å². The third kappa shape index (κ3) is 2.28. The van der Waals surface area contributed by atoms with Crippen LogP contribution in [-0.2, 0) is 0 Å². The summed E-state index contributed by atoms with van der Waals surface area (Å²) in [7, 11) is 0. The molecular formula is C9H6FN3O2. The molecule has 0 aliphatic rings. The first-order valence-electron chi connectivity index (χ1n) is 3.86. The van der Waals surface area contributed by atoms with Crippen LogP contribution in [0.2, 0.25) is 0 Å². The Bertz CT molecular complexity index is 477. The fourth-order valence-corrected chi connectivity index (χ4v) is 0.999. The zero-order chi connectivity index (χ0) is 11.4. The number of hydrogen-bond donors (Lipinski definition) is 1. The lowest BCUT2D eigenvalue weighted by Crippen LogP contribution is -2.00. The van der Waals surface area contributed by atoms with Gasteiger partial charge in [0.15, 0.2) is 0 Å². The van der Waals surface area contributed by atoms with Gasteiger partial charge in [-0.2, -0.15) is 5.26 Å². The molecule has 1 rings (SSSR count). The largest absolute Gasteiger partial charge is 0.398 e. The van der Waals surface area contributed by atoms with Crippen LogP contribution in [0, 0.1) is 27.3 Å². The van der Waals surface area contributed by atoms with Gasteiger partial charge < -0.3 is 5.73 Å². The highest BCUT2D eigenvalue weighted by Crippen LogP contribution is 2.19. The minimum Gasteiger partial charge on any atom is -0.398 e. The van der Waals surface area contributed by atoms with E-state index in [0.717, 1.165) is 24.3 Å². The number of hydrogen-bond acceptors (Lipinski definition) is 4. The number of nitrogens with two attached hydrogens (primary N) is 1. The van der Waals surface area contributed by atoms with Gasteiger partial charge in [-0.3, -0.25) is 10.1 Å². The lowest BCUT2D eigenvalue weighted by Gasteiger charge is -2.01. The van der Waals surface area contributed by atoms with E-state index in [2.05, 4.69) is 0 Å². The van der Waals surface area contributed by atoms with Crippen LogP contribution in [0.1, 0.15) is 5.56 Å². The molecular weight excluding hydrogens is 201 g/mol. The number of nitrogens with zero attached hydrogens (tertiary/aromatic N) is 2. The molecule has 0 saturated carbocycles. The number of nitro groups is 1. The van der Waals surface area contributed by atoms with Crippen molar-refractivity contribution >= 4 is 11.4 Å². The van der Waals surface area contributed by atoms with Crippen molar-refractivity contribution in [1.82, 2.24) is 0 Å². The second-order valence-electron chi connectivity index (χ2n) is 2.65. The zero-order valence-electron chi connectivity index (χ0n) is 7.48. The molecule has 0 amide bonds. The Morgan fingerprint density at radius 3 is 2.80 bits per heavy atom. The summed E-state index contributed by atoms with van der Waals surface area (Å²) in [6.45, 7) is 0. The van der Waals surface area contributed by atoms with E-state index in [1.165, 1.54) is 0 Å². The van der Waals surface area contributed by atoms with Crippen LogP contribution in [0.25, 0.3) is 5.70 Å². The second-order valence-corrected chi connectivity index (χ2v) is 2.65. The maximum Gasteiger partial charge on any atom is 0.272 e. The first-order valence-corrected chi connectivity index (χ1v) is 3.86. The zero-order valence-corrected chi connectivity index (χ0v) is 7.48. The highest BCUT2D eigenvalue weighted by atomic mass is 19.1. The Kier molecular flexibility index (Phi) is 2.98. The van der Waals surface area contributed by atoms with Crippen LogP contribution in [-0.4, -0.2) is 4.92 Å².